The van der Waals surface area contributed by atoms with Crippen molar-refractivity contribution in [3.8, 4) is 0 Å². The highest BCUT2D eigenvalue weighted by Gasteiger charge is 2.38. The van der Waals surface area contributed by atoms with Crippen molar-refractivity contribution in [2.45, 2.75) is 123 Å². The van der Waals surface area contributed by atoms with Crippen molar-refractivity contribution in [3.05, 3.63) is 83.3 Å². The van der Waals surface area contributed by atoms with E-state index in [-0.39, 0.29) is 27.8 Å². The number of hydrogen-bond acceptors (Lipinski definition) is 10. The molecule has 1 fully saturated rings. The van der Waals surface area contributed by atoms with Gasteiger partial charge in [-0.3, -0.25) is 14.6 Å². The molecule has 11 nitrogen and oxygen atoms in total. The number of carbonyl (C=O) groups excluding carboxylic acids is 1. The van der Waals surface area contributed by atoms with Gasteiger partial charge in [-0.1, -0.05) is 60.3 Å². The lowest BCUT2D eigenvalue weighted by Gasteiger charge is -2.36. The van der Waals surface area contributed by atoms with Crippen LogP contribution in [0.1, 0.15) is 76.6 Å². The van der Waals surface area contributed by atoms with Gasteiger partial charge in [-0.05, 0) is 102 Å². The molecule has 2 aromatic carbocycles. The number of aromatic nitrogens is 2. The van der Waals surface area contributed by atoms with E-state index in [4.69, 9.17) is 14.6 Å². The number of fused-ring (bicyclic) bond motifs is 2. The standard InChI is InChI=1S/C28H41FN6O2Si.C16H28N2OSi/c1-7-25(36)35-12-8-9-23(19-35)31-26-24(29)16-30-27(33-26)32-22-11-10-20-17-34(18-21(20)15-22)13-14-37-38(5,6)28(2,3)4;1-16(2,3)20(4,5)19-9-8-18-11-13-6-7-15(17)10-14(13)12-18/h7,10-11,15-16,23H,1,8-9,12-14,17-19H2,2-6H3,(H2,30,31,32,33);6-7,10H,8-9,11-12,17H2,1-5H3/t23-;/m1./s1. The molecule has 0 bridgehead atoms. The number of nitrogens with one attached hydrogen (secondary N) is 2. The Morgan fingerprint density at radius 2 is 1.45 bits per heavy atom. The van der Waals surface area contributed by atoms with Crippen LogP contribution in [0.3, 0.4) is 0 Å². The number of halogens is 1. The van der Waals surface area contributed by atoms with Crippen LogP contribution in [0.2, 0.25) is 36.3 Å². The van der Waals surface area contributed by atoms with Crippen molar-refractivity contribution in [1.82, 2.24) is 24.7 Å². The zero-order valence-corrected chi connectivity index (χ0v) is 38.8. The number of nitrogens with two attached hydrogens (primary N) is 1. The van der Waals surface area contributed by atoms with Crippen molar-refractivity contribution >= 4 is 45.7 Å². The van der Waals surface area contributed by atoms with Crippen LogP contribution in [0, 0.1) is 5.82 Å². The fourth-order valence-electron chi connectivity index (χ4n) is 6.91. The third kappa shape index (κ3) is 12.0. The van der Waals surface area contributed by atoms with Gasteiger partial charge in [-0.15, -0.1) is 0 Å². The summed E-state index contributed by atoms with van der Waals surface area (Å²) in [5.41, 5.74) is 12.9. The topological polar surface area (TPSA) is 121 Å². The van der Waals surface area contributed by atoms with Crippen molar-refractivity contribution < 1.29 is 18.0 Å². The van der Waals surface area contributed by atoms with E-state index in [0.717, 1.165) is 76.7 Å². The van der Waals surface area contributed by atoms with E-state index in [9.17, 15) is 9.18 Å². The number of piperidine rings is 1. The van der Waals surface area contributed by atoms with Crippen LogP contribution in [-0.2, 0) is 39.8 Å². The molecule has 3 aliphatic rings. The fraction of sp³-hybridized carbons (Fsp3) is 0.568. The van der Waals surface area contributed by atoms with E-state index < -0.39 is 22.5 Å². The van der Waals surface area contributed by atoms with Gasteiger partial charge in [0.25, 0.3) is 0 Å². The summed E-state index contributed by atoms with van der Waals surface area (Å²) in [5.74, 6) is -0.177. The largest absolute Gasteiger partial charge is 0.416 e. The molecule has 3 aliphatic heterocycles. The van der Waals surface area contributed by atoms with Crippen LogP contribution < -0.4 is 16.4 Å². The Morgan fingerprint density at radius 1 is 0.897 bits per heavy atom. The predicted octanol–water partition coefficient (Wildman–Crippen LogP) is 8.89. The maximum absolute atomic E-state index is 14.5. The van der Waals surface area contributed by atoms with Gasteiger partial charge in [0, 0.05) is 83.0 Å². The summed E-state index contributed by atoms with van der Waals surface area (Å²) in [7, 11) is -3.36. The fourth-order valence-corrected chi connectivity index (χ4v) is 8.98. The van der Waals surface area contributed by atoms with Gasteiger partial charge in [0.15, 0.2) is 28.3 Å². The summed E-state index contributed by atoms with van der Waals surface area (Å²) in [6.45, 7) is 34.8. The Labute approximate surface area is 349 Å². The number of nitrogens with zero attached hydrogens (tertiary/aromatic N) is 5. The van der Waals surface area contributed by atoms with Crippen molar-refractivity contribution in [2.75, 3.05) is 55.8 Å². The van der Waals surface area contributed by atoms with Crippen LogP contribution in [0.5, 0.6) is 0 Å². The minimum Gasteiger partial charge on any atom is -0.416 e. The smallest absolute Gasteiger partial charge is 0.246 e. The Balaban J connectivity index is 0.000000269. The maximum atomic E-state index is 14.5. The van der Waals surface area contributed by atoms with Gasteiger partial charge in [0.2, 0.25) is 11.9 Å². The van der Waals surface area contributed by atoms with Crippen LogP contribution in [-0.4, -0.2) is 92.6 Å². The van der Waals surface area contributed by atoms with Crippen molar-refractivity contribution in [3.63, 3.8) is 0 Å². The Bertz CT molecular complexity index is 1900. The molecule has 1 atom stereocenters. The monoisotopic (exact) mass is 833 g/mol. The molecule has 58 heavy (non-hydrogen) atoms. The van der Waals surface area contributed by atoms with Gasteiger partial charge in [0.05, 0.1) is 6.20 Å². The maximum Gasteiger partial charge on any atom is 0.246 e. The van der Waals surface area contributed by atoms with Gasteiger partial charge < -0.3 is 30.1 Å². The molecule has 0 spiro atoms. The molecule has 14 heteroatoms. The minimum atomic E-state index is -1.75. The molecule has 4 heterocycles. The van der Waals surface area contributed by atoms with E-state index in [1.165, 1.54) is 34.5 Å². The van der Waals surface area contributed by atoms with Crippen LogP contribution in [0.25, 0.3) is 0 Å². The lowest BCUT2D eigenvalue weighted by molar-refractivity contribution is -0.127. The number of amides is 1. The number of likely N-dealkylation sites (tertiary alicyclic amines) is 1. The molecule has 0 radical (unpaired) electrons. The lowest BCUT2D eigenvalue weighted by Crippen LogP contribution is -2.44. The number of benzene rings is 2. The Morgan fingerprint density at radius 3 is 2.02 bits per heavy atom. The summed E-state index contributed by atoms with van der Waals surface area (Å²) < 4.78 is 27.1. The van der Waals surface area contributed by atoms with Gasteiger partial charge in [-0.2, -0.15) is 4.98 Å². The van der Waals surface area contributed by atoms with Gasteiger partial charge >= 0.3 is 0 Å². The Hall–Kier alpha value is -3.67. The Kier molecular flexibility index (Phi) is 14.7. The molecule has 0 saturated carbocycles. The number of hydrogen-bond donors (Lipinski definition) is 3. The average Bonchev–Trinajstić information content (AvgIpc) is 3.74. The predicted molar refractivity (Wildman–Crippen MR) is 241 cm³/mol. The first-order chi connectivity index (χ1) is 27.1. The summed E-state index contributed by atoms with van der Waals surface area (Å²) >= 11 is 0. The second kappa shape index (κ2) is 18.7. The van der Waals surface area contributed by atoms with Crippen LogP contribution >= 0.6 is 0 Å². The molecule has 4 N–H and O–H groups in total. The van der Waals surface area contributed by atoms with E-state index in [0.29, 0.717) is 19.0 Å². The second-order valence-electron chi connectivity index (χ2n) is 19.1. The lowest BCUT2D eigenvalue weighted by atomic mass is 10.1. The van der Waals surface area contributed by atoms with Crippen LogP contribution in [0.15, 0.2) is 55.3 Å². The zero-order chi connectivity index (χ0) is 42.5. The first-order valence-corrected chi connectivity index (χ1v) is 26.6. The van der Waals surface area contributed by atoms with E-state index in [1.54, 1.807) is 4.90 Å². The third-order valence-corrected chi connectivity index (χ3v) is 21.7. The number of carbonyl (C=O) groups is 1. The third-order valence-electron chi connectivity index (χ3n) is 12.6. The highest BCUT2D eigenvalue weighted by Crippen LogP contribution is 2.38. The van der Waals surface area contributed by atoms with Crippen molar-refractivity contribution in [2.24, 2.45) is 0 Å². The second-order valence-corrected chi connectivity index (χ2v) is 28.8. The molecule has 1 amide bonds. The molecule has 0 unspecified atom stereocenters. The highest BCUT2D eigenvalue weighted by atomic mass is 28.4. The number of rotatable bonds is 13. The summed E-state index contributed by atoms with van der Waals surface area (Å²) in [4.78, 5) is 27.1. The summed E-state index contributed by atoms with van der Waals surface area (Å²) in [6.07, 6.45) is 4.15. The molecule has 1 saturated heterocycles. The first kappa shape index (κ1) is 45.4. The highest BCUT2D eigenvalue weighted by molar-refractivity contribution is 6.74. The van der Waals surface area contributed by atoms with Crippen LogP contribution in [0.4, 0.5) is 27.5 Å². The molecular weight excluding hydrogens is 764 g/mol. The minimum absolute atomic E-state index is 0.0866. The summed E-state index contributed by atoms with van der Waals surface area (Å²) in [5, 5.41) is 6.88. The molecule has 1 aromatic heterocycles. The zero-order valence-electron chi connectivity index (χ0n) is 36.8. The SMILES string of the molecule is C=CC(=O)N1CCC[C@@H](Nc2nc(Nc3ccc4c(c3)CN(CCO[Si](C)(C)C(C)(C)C)C4)ncc2F)C1.CC(C)(C)[Si](C)(C)OCCN1Cc2ccc(N)cc2C1. The normalized spacial score (nSPS) is 17.6. The average molecular weight is 833 g/mol. The summed E-state index contributed by atoms with van der Waals surface area (Å²) in [6, 6.07) is 12.4. The van der Waals surface area contributed by atoms with Crippen molar-refractivity contribution in [1.29, 1.82) is 0 Å². The van der Waals surface area contributed by atoms with E-state index >= 15 is 0 Å². The van der Waals surface area contributed by atoms with Gasteiger partial charge in [-0.25, -0.2) is 9.37 Å². The van der Waals surface area contributed by atoms with E-state index in [1.807, 2.05) is 12.1 Å². The number of anilines is 4. The molecule has 3 aromatic rings. The molecule has 318 valence electrons. The number of nitrogen functional groups attached to an aromatic ring is 1. The van der Waals surface area contributed by atoms with Gasteiger partial charge in [0.1, 0.15) is 0 Å². The molecular formula is C44H69FN8O3Si2. The first-order valence-electron chi connectivity index (χ1n) is 20.8. The van der Waals surface area contributed by atoms with E-state index in [2.05, 4.69) is 129 Å². The molecule has 6 rings (SSSR count). The molecule has 0 aliphatic carbocycles. The quantitative estimate of drug-likeness (QED) is 0.0875.